The van der Waals surface area contributed by atoms with Gasteiger partial charge in [0.05, 0.1) is 12.7 Å². The van der Waals surface area contributed by atoms with Gasteiger partial charge in [-0.1, -0.05) is 12.1 Å². The molecule has 0 saturated carbocycles. The van der Waals surface area contributed by atoms with E-state index < -0.39 is 17.4 Å². The fourth-order valence-corrected chi connectivity index (χ4v) is 1.79. The van der Waals surface area contributed by atoms with Crippen molar-refractivity contribution < 1.29 is 18.3 Å². The summed E-state index contributed by atoms with van der Waals surface area (Å²) in [6, 6.07) is 7.73. The molecule has 98 valence electrons. The SMILES string of the molecule is COc1cc(C(=O)c2ccc(F)cc2F)ccc1C. The second-order valence-corrected chi connectivity index (χ2v) is 4.14. The molecule has 0 amide bonds. The van der Waals surface area contributed by atoms with Gasteiger partial charge in [0.1, 0.15) is 17.4 Å². The van der Waals surface area contributed by atoms with E-state index in [0.29, 0.717) is 17.4 Å². The van der Waals surface area contributed by atoms with Crippen molar-refractivity contribution >= 4 is 5.78 Å². The minimum atomic E-state index is -0.871. The average Bonchev–Trinajstić information content (AvgIpc) is 2.38. The second-order valence-electron chi connectivity index (χ2n) is 4.14. The first-order valence-electron chi connectivity index (χ1n) is 5.67. The van der Waals surface area contributed by atoms with Crippen LogP contribution in [0.1, 0.15) is 21.5 Å². The topological polar surface area (TPSA) is 26.3 Å². The number of halogens is 2. The number of rotatable bonds is 3. The predicted octanol–water partition coefficient (Wildman–Crippen LogP) is 3.51. The van der Waals surface area contributed by atoms with E-state index in [9.17, 15) is 13.6 Å². The van der Waals surface area contributed by atoms with Crippen molar-refractivity contribution in [3.8, 4) is 5.75 Å². The minimum absolute atomic E-state index is 0.160. The van der Waals surface area contributed by atoms with Crippen LogP contribution in [0.4, 0.5) is 8.78 Å². The third-order valence-electron chi connectivity index (χ3n) is 2.85. The normalized spacial score (nSPS) is 10.3. The van der Waals surface area contributed by atoms with Crippen molar-refractivity contribution in [2.45, 2.75) is 6.92 Å². The quantitative estimate of drug-likeness (QED) is 0.791. The van der Waals surface area contributed by atoms with E-state index in [2.05, 4.69) is 0 Å². The lowest BCUT2D eigenvalue weighted by Crippen LogP contribution is -2.05. The molecule has 0 heterocycles. The molecule has 0 saturated heterocycles. The van der Waals surface area contributed by atoms with Gasteiger partial charge in [0.15, 0.2) is 5.78 Å². The Bertz CT molecular complexity index is 636. The lowest BCUT2D eigenvalue weighted by molar-refractivity contribution is 0.103. The minimum Gasteiger partial charge on any atom is -0.496 e. The van der Waals surface area contributed by atoms with E-state index in [-0.39, 0.29) is 5.56 Å². The van der Waals surface area contributed by atoms with Gasteiger partial charge in [-0.15, -0.1) is 0 Å². The summed E-state index contributed by atoms with van der Waals surface area (Å²) in [7, 11) is 1.50. The highest BCUT2D eigenvalue weighted by atomic mass is 19.1. The number of benzene rings is 2. The molecule has 19 heavy (non-hydrogen) atoms. The Morgan fingerprint density at radius 3 is 2.47 bits per heavy atom. The summed E-state index contributed by atoms with van der Waals surface area (Å²) < 4.78 is 31.5. The maximum absolute atomic E-state index is 13.6. The van der Waals surface area contributed by atoms with Gasteiger partial charge >= 0.3 is 0 Å². The molecule has 0 spiro atoms. The first-order valence-corrected chi connectivity index (χ1v) is 5.67. The van der Waals surface area contributed by atoms with Crippen molar-refractivity contribution in [2.75, 3.05) is 7.11 Å². The van der Waals surface area contributed by atoms with Crippen LogP contribution in [0.25, 0.3) is 0 Å². The Hall–Kier alpha value is -2.23. The van der Waals surface area contributed by atoms with Crippen LogP contribution in [0.15, 0.2) is 36.4 Å². The first kappa shape index (κ1) is 13.2. The van der Waals surface area contributed by atoms with Gasteiger partial charge in [0.2, 0.25) is 0 Å². The van der Waals surface area contributed by atoms with Gasteiger partial charge in [-0.05, 0) is 30.7 Å². The summed E-state index contributed by atoms with van der Waals surface area (Å²) in [5.74, 6) is -1.54. The number of methoxy groups -OCH3 is 1. The maximum atomic E-state index is 13.6. The number of hydrogen-bond donors (Lipinski definition) is 0. The maximum Gasteiger partial charge on any atom is 0.196 e. The predicted molar refractivity (Wildman–Crippen MR) is 67.5 cm³/mol. The molecule has 0 fully saturated rings. The highest BCUT2D eigenvalue weighted by Crippen LogP contribution is 2.22. The van der Waals surface area contributed by atoms with E-state index in [1.165, 1.54) is 7.11 Å². The number of ether oxygens (including phenoxy) is 1. The van der Waals surface area contributed by atoms with Gasteiger partial charge in [-0.3, -0.25) is 4.79 Å². The molecule has 0 aromatic heterocycles. The van der Waals surface area contributed by atoms with Crippen LogP contribution in [0.3, 0.4) is 0 Å². The summed E-state index contributed by atoms with van der Waals surface area (Å²) in [5, 5.41) is 0. The number of aryl methyl sites for hydroxylation is 1. The Morgan fingerprint density at radius 2 is 1.84 bits per heavy atom. The summed E-state index contributed by atoms with van der Waals surface area (Å²) >= 11 is 0. The van der Waals surface area contributed by atoms with Crippen molar-refractivity contribution in [3.05, 3.63) is 64.7 Å². The van der Waals surface area contributed by atoms with E-state index in [0.717, 1.165) is 17.7 Å². The van der Waals surface area contributed by atoms with Gasteiger partial charge in [0, 0.05) is 11.6 Å². The van der Waals surface area contributed by atoms with E-state index in [4.69, 9.17) is 4.74 Å². The largest absolute Gasteiger partial charge is 0.496 e. The van der Waals surface area contributed by atoms with Crippen LogP contribution in [0.2, 0.25) is 0 Å². The van der Waals surface area contributed by atoms with Crippen molar-refractivity contribution in [2.24, 2.45) is 0 Å². The van der Waals surface area contributed by atoms with Crippen LogP contribution in [-0.4, -0.2) is 12.9 Å². The van der Waals surface area contributed by atoms with Gasteiger partial charge in [-0.25, -0.2) is 8.78 Å². The molecule has 2 nitrogen and oxygen atoms in total. The molecule has 0 atom stereocenters. The molecule has 0 N–H and O–H groups in total. The summed E-state index contributed by atoms with van der Waals surface area (Å²) in [6.45, 7) is 1.84. The molecule has 0 bridgehead atoms. The van der Waals surface area contributed by atoms with Crippen molar-refractivity contribution in [1.29, 1.82) is 0 Å². The molecule has 0 aliphatic heterocycles. The van der Waals surface area contributed by atoms with Crippen LogP contribution in [0, 0.1) is 18.6 Å². The van der Waals surface area contributed by atoms with Crippen LogP contribution in [0.5, 0.6) is 5.75 Å². The number of carbonyl (C=O) groups is 1. The van der Waals surface area contributed by atoms with Crippen LogP contribution in [-0.2, 0) is 0 Å². The highest BCUT2D eigenvalue weighted by Gasteiger charge is 2.15. The Labute approximate surface area is 109 Å². The van der Waals surface area contributed by atoms with E-state index >= 15 is 0 Å². The molecule has 0 aliphatic rings. The second kappa shape index (κ2) is 5.18. The molecular weight excluding hydrogens is 250 g/mol. The molecular formula is C15H12F2O2. The Morgan fingerprint density at radius 1 is 1.11 bits per heavy atom. The fraction of sp³-hybridized carbons (Fsp3) is 0.133. The highest BCUT2D eigenvalue weighted by molar-refractivity contribution is 6.09. The standard InChI is InChI=1S/C15H12F2O2/c1-9-3-4-10(7-14(9)19-2)15(18)12-6-5-11(16)8-13(12)17/h3-8H,1-2H3. The van der Waals surface area contributed by atoms with Gasteiger partial charge in [0.25, 0.3) is 0 Å². The fourth-order valence-electron chi connectivity index (χ4n) is 1.79. The Balaban J connectivity index is 2.44. The zero-order chi connectivity index (χ0) is 14.0. The number of hydrogen-bond acceptors (Lipinski definition) is 2. The molecule has 2 rings (SSSR count). The third kappa shape index (κ3) is 2.62. The molecule has 2 aromatic carbocycles. The monoisotopic (exact) mass is 262 g/mol. The smallest absolute Gasteiger partial charge is 0.196 e. The summed E-state index contributed by atoms with van der Waals surface area (Å²) in [6.07, 6.45) is 0. The lowest BCUT2D eigenvalue weighted by atomic mass is 10.0. The molecule has 0 radical (unpaired) electrons. The van der Waals surface area contributed by atoms with E-state index in [1.54, 1.807) is 18.2 Å². The van der Waals surface area contributed by atoms with Gasteiger partial charge in [-0.2, -0.15) is 0 Å². The molecule has 4 heteroatoms. The van der Waals surface area contributed by atoms with Crippen LogP contribution < -0.4 is 4.74 Å². The zero-order valence-corrected chi connectivity index (χ0v) is 10.5. The van der Waals surface area contributed by atoms with Gasteiger partial charge < -0.3 is 4.74 Å². The van der Waals surface area contributed by atoms with E-state index in [1.807, 2.05) is 6.92 Å². The first-order chi connectivity index (χ1) is 9.02. The number of carbonyl (C=O) groups excluding carboxylic acids is 1. The Kier molecular flexibility index (Phi) is 3.60. The van der Waals surface area contributed by atoms with Crippen molar-refractivity contribution in [1.82, 2.24) is 0 Å². The number of ketones is 1. The molecule has 2 aromatic rings. The van der Waals surface area contributed by atoms with Crippen molar-refractivity contribution in [3.63, 3.8) is 0 Å². The average molecular weight is 262 g/mol. The summed E-state index contributed by atoms with van der Waals surface area (Å²) in [4.78, 5) is 12.1. The lowest BCUT2D eigenvalue weighted by Gasteiger charge is -2.07. The molecule has 0 aliphatic carbocycles. The third-order valence-corrected chi connectivity index (χ3v) is 2.85. The molecule has 0 unspecified atom stereocenters. The van der Waals surface area contributed by atoms with Crippen LogP contribution >= 0.6 is 0 Å². The zero-order valence-electron chi connectivity index (χ0n) is 10.5. The summed E-state index contributed by atoms with van der Waals surface area (Å²) in [5.41, 5.74) is 1.01.